The normalized spacial score (nSPS) is 18.1. The van der Waals surface area contributed by atoms with Gasteiger partial charge in [0.25, 0.3) is 10.0 Å². The van der Waals surface area contributed by atoms with Crippen LogP contribution >= 0.6 is 22.9 Å². The quantitative estimate of drug-likeness (QED) is 0.815. The van der Waals surface area contributed by atoms with Crippen molar-refractivity contribution in [3.63, 3.8) is 0 Å². The Kier molecular flexibility index (Phi) is 2.60. The summed E-state index contributed by atoms with van der Waals surface area (Å²) in [5.41, 5.74) is -0.684. The highest BCUT2D eigenvalue weighted by molar-refractivity contribution is 7.89. The second kappa shape index (κ2) is 3.62. The summed E-state index contributed by atoms with van der Waals surface area (Å²) in [6.45, 7) is 0. The van der Waals surface area contributed by atoms with E-state index in [1.54, 1.807) is 0 Å². The number of thiophene rings is 1. The number of halogens is 1. The predicted molar refractivity (Wildman–Crippen MR) is 61.5 cm³/mol. The predicted octanol–water partition coefficient (Wildman–Crippen LogP) is 1.35. The number of carboxylic acids is 1. The number of aliphatic hydroxyl groups is 1. The summed E-state index contributed by atoms with van der Waals surface area (Å²) in [5.74, 6) is -2.12. The van der Waals surface area contributed by atoms with Gasteiger partial charge < -0.3 is 10.2 Å². The highest BCUT2D eigenvalue weighted by atomic mass is 35.5. The second-order valence-corrected chi connectivity index (χ2v) is 6.84. The Labute approximate surface area is 105 Å². The van der Waals surface area contributed by atoms with Crippen molar-refractivity contribution in [2.45, 2.75) is 4.90 Å². The van der Waals surface area contributed by atoms with Crippen molar-refractivity contribution in [1.29, 1.82) is 0 Å². The Balaban J connectivity index is 2.86. The summed E-state index contributed by atoms with van der Waals surface area (Å²) < 4.78 is 24.6. The largest absolute Gasteiger partial charge is 0.504 e. The van der Waals surface area contributed by atoms with Crippen LogP contribution in [0.25, 0.3) is 5.76 Å². The molecule has 2 N–H and O–H groups in total. The zero-order chi connectivity index (χ0) is 13.0. The lowest BCUT2D eigenvalue weighted by Gasteiger charge is -2.24. The number of sulfonamides is 1. The molecular weight excluding hydrogens is 290 g/mol. The molecule has 0 bridgehead atoms. The topological polar surface area (TPSA) is 94.9 Å². The van der Waals surface area contributed by atoms with Crippen molar-refractivity contribution in [3.8, 4) is 0 Å². The third kappa shape index (κ3) is 1.60. The fourth-order valence-electron chi connectivity index (χ4n) is 1.46. The SMILES string of the molecule is CN1C(C(=O)O)=C(O)c2sc(Cl)cc2S1(=O)=O. The van der Waals surface area contributed by atoms with E-state index in [2.05, 4.69) is 0 Å². The molecular formula is C8H6ClNO5S2. The summed E-state index contributed by atoms with van der Waals surface area (Å²) in [4.78, 5) is 10.7. The fraction of sp³-hybridized carbons (Fsp3) is 0.125. The highest BCUT2D eigenvalue weighted by Crippen LogP contribution is 2.41. The average Bonchev–Trinajstić information content (AvgIpc) is 2.59. The lowest BCUT2D eigenvalue weighted by Crippen LogP contribution is -2.34. The molecule has 9 heteroatoms. The number of hydrogen-bond acceptors (Lipinski definition) is 5. The number of carboxylic acid groups (broad SMARTS) is 1. The lowest BCUT2D eigenvalue weighted by atomic mass is 10.3. The van der Waals surface area contributed by atoms with Gasteiger partial charge in [0.2, 0.25) is 0 Å². The number of nitrogens with zero attached hydrogens (tertiary/aromatic N) is 1. The number of aliphatic hydroxyl groups excluding tert-OH is 1. The van der Waals surface area contributed by atoms with Crippen LogP contribution < -0.4 is 0 Å². The van der Waals surface area contributed by atoms with Crippen LogP contribution in [0.3, 0.4) is 0 Å². The maximum atomic E-state index is 11.9. The van der Waals surface area contributed by atoms with Crippen LogP contribution in [-0.4, -0.2) is 36.0 Å². The van der Waals surface area contributed by atoms with Gasteiger partial charge in [-0.15, -0.1) is 11.3 Å². The number of fused-ring (bicyclic) bond motifs is 1. The summed E-state index contributed by atoms with van der Waals surface area (Å²) in [5, 5.41) is 18.6. The summed E-state index contributed by atoms with van der Waals surface area (Å²) >= 11 is 6.49. The first kappa shape index (κ1) is 12.2. The van der Waals surface area contributed by atoms with Gasteiger partial charge in [0.1, 0.15) is 4.90 Å². The zero-order valence-electron chi connectivity index (χ0n) is 8.34. The molecule has 1 aromatic rings. The van der Waals surface area contributed by atoms with E-state index in [0.29, 0.717) is 4.31 Å². The van der Waals surface area contributed by atoms with Gasteiger partial charge in [-0.05, 0) is 6.07 Å². The van der Waals surface area contributed by atoms with E-state index in [1.165, 1.54) is 6.07 Å². The van der Waals surface area contributed by atoms with Crippen LogP contribution in [0.15, 0.2) is 16.7 Å². The maximum Gasteiger partial charge on any atom is 0.357 e. The maximum absolute atomic E-state index is 11.9. The molecule has 0 aromatic carbocycles. The molecule has 0 saturated heterocycles. The van der Waals surface area contributed by atoms with Crippen LogP contribution in [0.4, 0.5) is 0 Å². The van der Waals surface area contributed by atoms with E-state index in [1.807, 2.05) is 0 Å². The van der Waals surface area contributed by atoms with E-state index < -0.39 is 27.4 Å². The number of rotatable bonds is 1. The molecule has 1 aliphatic rings. The molecule has 17 heavy (non-hydrogen) atoms. The van der Waals surface area contributed by atoms with Crippen molar-refractivity contribution in [2.75, 3.05) is 7.05 Å². The van der Waals surface area contributed by atoms with Gasteiger partial charge in [0.05, 0.1) is 9.21 Å². The van der Waals surface area contributed by atoms with Gasteiger partial charge in [0, 0.05) is 7.05 Å². The van der Waals surface area contributed by atoms with Crippen molar-refractivity contribution in [1.82, 2.24) is 4.31 Å². The Morgan fingerprint density at radius 3 is 2.65 bits per heavy atom. The van der Waals surface area contributed by atoms with Gasteiger partial charge in [-0.1, -0.05) is 11.6 Å². The van der Waals surface area contributed by atoms with Gasteiger partial charge in [-0.2, -0.15) is 0 Å². The summed E-state index contributed by atoms with van der Waals surface area (Å²) in [7, 11) is -2.91. The Bertz CT molecular complexity index is 645. The zero-order valence-corrected chi connectivity index (χ0v) is 10.7. The molecule has 0 unspecified atom stereocenters. The fourth-order valence-corrected chi connectivity index (χ4v) is 4.41. The molecule has 92 valence electrons. The van der Waals surface area contributed by atoms with Crippen molar-refractivity contribution >= 4 is 44.7 Å². The van der Waals surface area contributed by atoms with E-state index in [0.717, 1.165) is 18.4 Å². The minimum absolute atomic E-state index is 0.0505. The minimum Gasteiger partial charge on any atom is -0.504 e. The molecule has 1 aromatic heterocycles. The molecule has 0 fully saturated rings. The van der Waals surface area contributed by atoms with Crippen molar-refractivity contribution in [2.24, 2.45) is 0 Å². The van der Waals surface area contributed by atoms with Gasteiger partial charge in [-0.25, -0.2) is 13.2 Å². The third-order valence-electron chi connectivity index (χ3n) is 2.26. The van der Waals surface area contributed by atoms with Crippen LogP contribution in [0.2, 0.25) is 4.34 Å². The van der Waals surface area contributed by atoms with Crippen LogP contribution in [0.1, 0.15) is 4.88 Å². The molecule has 0 amide bonds. The number of carbonyl (C=O) groups is 1. The van der Waals surface area contributed by atoms with Crippen molar-refractivity contribution < 1.29 is 23.4 Å². The van der Waals surface area contributed by atoms with E-state index in [-0.39, 0.29) is 14.1 Å². The summed E-state index contributed by atoms with van der Waals surface area (Å²) in [6, 6.07) is 1.18. The molecule has 1 aliphatic heterocycles. The molecule has 6 nitrogen and oxygen atoms in total. The van der Waals surface area contributed by atoms with E-state index in [9.17, 15) is 18.3 Å². The van der Waals surface area contributed by atoms with E-state index >= 15 is 0 Å². The van der Waals surface area contributed by atoms with Crippen LogP contribution in [-0.2, 0) is 14.8 Å². The Hall–Kier alpha value is -1.25. The standard InChI is InChI=1S/C8H6ClNO5S2/c1-10-5(8(12)13)6(11)7-3(17(10,14)15)2-4(9)16-7/h2,11H,1H3,(H,12,13). The van der Waals surface area contributed by atoms with Crippen molar-refractivity contribution in [3.05, 3.63) is 21.0 Å². The van der Waals surface area contributed by atoms with Gasteiger partial charge >= 0.3 is 5.97 Å². The Morgan fingerprint density at radius 2 is 2.12 bits per heavy atom. The molecule has 0 radical (unpaired) electrons. The minimum atomic E-state index is -3.97. The third-order valence-corrected chi connectivity index (χ3v) is 5.44. The second-order valence-electron chi connectivity index (χ2n) is 3.22. The van der Waals surface area contributed by atoms with Crippen LogP contribution in [0.5, 0.6) is 0 Å². The molecule has 0 aliphatic carbocycles. The first-order valence-electron chi connectivity index (χ1n) is 4.22. The van der Waals surface area contributed by atoms with Crippen LogP contribution in [0, 0.1) is 0 Å². The van der Waals surface area contributed by atoms with Gasteiger partial charge in [0.15, 0.2) is 11.5 Å². The molecule has 0 saturated carbocycles. The first-order valence-corrected chi connectivity index (χ1v) is 6.85. The average molecular weight is 296 g/mol. The van der Waals surface area contributed by atoms with E-state index in [4.69, 9.17) is 16.7 Å². The number of hydrogen-bond donors (Lipinski definition) is 2. The molecule has 0 atom stereocenters. The summed E-state index contributed by atoms with van der Waals surface area (Å²) in [6.07, 6.45) is 0. The number of aliphatic carboxylic acids is 1. The Morgan fingerprint density at radius 1 is 1.53 bits per heavy atom. The molecule has 2 rings (SSSR count). The monoisotopic (exact) mass is 295 g/mol. The number of likely N-dealkylation sites (N-methyl/N-ethyl adjacent to an activating group) is 1. The highest BCUT2D eigenvalue weighted by Gasteiger charge is 2.39. The smallest absolute Gasteiger partial charge is 0.357 e. The molecule has 2 heterocycles. The van der Waals surface area contributed by atoms with Gasteiger partial charge in [-0.3, -0.25) is 4.31 Å². The lowest BCUT2D eigenvalue weighted by molar-refractivity contribution is -0.133. The molecule has 0 spiro atoms. The first-order chi connectivity index (χ1) is 7.76.